The predicted molar refractivity (Wildman–Crippen MR) is 58.0 cm³/mol. The quantitative estimate of drug-likeness (QED) is 0.513. The van der Waals surface area contributed by atoms with Crippen molar-refractivity contribution in [3.63, 3.8) is 0 Å². The molecule has 1 aliphatic rings. The smallest absolute Gasteiger partial charge is 0.0327 e. The van der Waals surface area contributed by atoms with E-state index in [9.17, 15) is 0 Å². The van der Waals surface area contributed by atoms with Gasteiger partial charge >= 0.3 is 0 Å². The normalized spacial score (nSPS) is 20.8. The van der Waals surface area contributed by atoms with Gasteiger partial charge in [0.05, 0.1) is 0 Å². The molecule has 0 spiro atoms. The van der Waals surface area contributed by atoms with Gasteiger partial charge in [-0.15, -0.1) is 6.58 Å². The third kappa shape index (κ3) is 2.55. The third-order valence-corrected chi connectivity index (χ3v) is 3.23. The summed E-state index contributed by atoms with van der Waals surface area (Å²) >= 11 is 0. The lowest BCUT2D eigenvalue weighted by atomic mass is 9.96. The molecule has 1 fully saturated rings. The minimum absolute atomic E-state index is 0.420. The molecule has 1 rings (SSSR count). The van der Waals surface area contributed by atoms with E-state index in [1.165, 1.54) is 25.7 Å². The molecule has 0 aliphatic heterocycles. The van der Waals surface area contributed by atoms with Crippen LogP contribution in [-0.4, -0.2) is 37.6 Å². The van der Waals surface area contributed by atoms with E-state index in [-0.39, 0.29) is 0 Å². The van der Waals surface area contributed by atoms with Crippen molar-refractivity contribution in [3.05, 3.63) is 12.7 Å². The van der Waals surface area contributed by atoms with E-state index in [1.807, 2.05) is 6.08 Å². The van der Waals surface area contributed by atoms with Gasteiger partial charge in [-0.3, -0.25) is 0 Å². The van der Waals surface area contributed by atoms with Gasteiger partial charge in [-0.2, -0.15) is 0 Å². The molecular formula is C11H22N2. The lowest BCUT2D eigenvalue weighted by Crippen LogP contribution is -2.49. The van der Waals surface area contributed by atoms with Crippen LogP contribution in [0.15, 0.2) is 12.7 Å². The van der Waals surface area contributed by atoms with Crippen molar-refractivity contribution < 1.29 is 0 Å². The highest BCUT2D eigenvalue weighted by Gasteiger charge is 2.35. The first-order chi connectivity index (χ1) is 6.21. The molecule has 0 saturated heterocycles. The van der Waals surface area contributed by atoms with Gasteiger partial charge in [0.1, 0.15) is 0 Å². The fraction of sp³-hybridized carbons (Fsp3) is 0.818. The Morgan fingerprint density at radius 2 is 2.00 bits per heavy atom. The molecule has 0 aromatic heterocycles. The number of hydrogen-bond acceptors (Lipinski definition) is 2. The molecule has 1 saturated carbocycles. The van der Waals surface area contributed by atoms with Gasteiger partial charge in [0.25, 0.3) is 0 Å². The molecule has 0 amide bonds. The van der Waals surface area contributed by atoms with Gasteiger partial charge in [-0.05, 0) is 26.9 Å². The zero-order chi connectivity index (χ0) is 9.73. The lowest BCUT2D eigenvalue weighted by Gasteiger charge is -2.36. The first-order valence-corrected chi connectivity index (χ1v) is 5.20. The van der Waals surface area contributed by atoms with Gasteiger partial charge in [-0.1, -0.05) is 18.9 Å². The van der Waals surface area contributed by atoms with Crippen molar-refractivity contribution in [2.45, 2.75) is 31.2 Å². The monoisotopic (exact) mass is 182 g/mol. The van der Waals surface area contributed by atoms with E-state index in [4.69, 9.17) is 0 Å². The fourth-order valence-corrected chi connectivity index (χ4v) is 2.22. The van der Waals surface area contributed by atoms with Gasteiger partial charge in [0.2, 0.25) is 0 Å². The maximum absolute atomic E-state index is 3.72. The Morgan fingerprint density at radius 3 is 2.46 bits per heavy atom. The highest BCUT2D eigenvalue weighted by atomic mass is 15.2. The van der Waals surface area contributed by atoms with Gasteiger partial charge < -0.3 is 10.2 Å². The summed E-state index contributed by atoms with van der Waals surface area (Å²) < 4.78 is 0. The maximum atomic E-state index is 3.72. The second kappa shape index (κ2) is 4.77. The van der Waals surface area contributed by atoms with Crippen molar-refractivity contribution in [1.82, 2.24) is 10.2 Å². The Labute approximate surface area is 82.0 Å². The van der Waals surface area contributed by atoms with Gasteiger partial charge in [0, 0.05) is 18.6 Å². The second-order valence-corrected chi connectivity index (χ2v) is 4.25. The number of likely N-dealkylation sites (N-methyl/N-ethyl adjacent to an activating group) is 1. The largest absolute Gasteiger partial charge is 0.311 e. The average molecular weight is 182 g/mol. The Hall–Kier alpha value is -0.340. The zero-order valence-electron chi connectivity index (χ0n) is 8.97. The zero-order valence-corrected chi connectivity index (χ0v) is 8.97. The molecular weight excluding hydrogens is 160 g/mol. The number of hydrogen-bond donors (Lipinski definition) is 1. The van der Waals surface area contributed by atoms with Crippen LogP contribution in [0.25, 0.3) is 0 Å². The lowest BCUT2D eigenvalue weighted by molar-refractivity contribution is 0.155. The summed E-state index contributed by atoms with van der Waals surface area (Å²) in [5.41, 5.74) is 0.420. The number of nitrogens with one attached hydrogen (secondary N) is 1. The molecule has 0 aromatic carbocycles. The van der Waals surface area contributed by atoms with Gasteiger partial charge in [0.15, 0.2) is 0 Å². The molecule has 0 unspecified atom stereocenters. The minimum Gasteiger partial charge on any atom is -0.311 e. The van der Waals surface area contributed by atoms with Crippen LogP contribution < -0.4 is 5.32 Å². The molecule has 1 aliphatic carbocycles. The van der Waals surface area contributed by atoms with E-state index in [2.05, 4.69) is 30.9 Å². The topological polar surface area (TPSA) is 15.3 Å². The van der Waals surface area contributed by atoms with E-state index in [0.717, 1.165) is 13.1 Å². The Bertz CT molecular complexity index is 157. The Balaban J connectivity index is 2.42. The Morgan fingerprint density at radius 1 is 1.38 bits per heavy atom. The predicted octanol–water partition coefficient (Wildman–Crippen LogP) is 1.64. The summed E-state index contributed by atoms with van der Waals surface area (Å²) in [5.74, 6) is 0. The minimum atomic E-state index is 0.420. The summed E-state index contributed by atoms with van der Waals surface area (Å²) in [5, 5.41) is 3.44. The SMILES string of the molecule is C=CCNCC1(N(C)C)CCCC1. The maximum Gasteiger partial charge on any atom is 0.0327 e. The molecule has 76 valence electrons. The molecule has 1 N–H and O–H groups in total. The molecule has 2 nitrogen and oxygen atoms in total. The number of nitrogens with zero attached hydrogens (tertiary/aromatic N) is 1. The van der Waals surface area contributed by atoms with E-state index >= 15 is 0 Å². The number of rotatable bonds is 5. The fourth-order valence-electron chi connectivity index (χ4n) is 2.22. The van der Waals surface area contributed by atoms with Gasteiger partial charge in [-0.25, -0.2) is 0 Å². The third-order valence-electron chi connectivity index (χ3n) is 3.23. The standard InChI is InChI=1S/C11H22N2/c1-4-9-12-10-11(13(2)3)7-5-6-8-11/h4,12H,1,5-10H2,2-3H3. The van der Waals surface area contributed by atoms with Crippen molar-refractivity contribution in [2.24, 2.45) is 0 Å². The van der Waals surface area contributed by atoms with Crippen LogP contribution in [0.1, 0.15) is 25.7 Å². The first kappa shape index (κ1) is 10.7. The van der Waals surface area contributed by atoms with Crippen LogP contribution in [-0.2, 0) is 0 Å². The van der Waals surface area contributed by atoms with Crippen LogP contribution >= 0.6 is 0 Å². The van der Waals surface area contributed by atoms with Crippen LogP contribution in [0.2, 0.25) is 0 Å². The average Bonchev–Trinajstić information content (AvgIpc) is 2.55. The highest BCUT2D eigenvalue weighted by molar-refractivity contribution is 4.94. The van der Waals surface area contributed by atoms with E-state index in [0.29, 0.717) is 5.54 Å². The van der Waals surface area contributed by atoms with Crippen LogP contribution in [0.5, 0.6) is 0 Å². The van der Waals surface area contributed by atoms with Crippen molar-refractivity contribution in [2.75, 3.05) is 27.2 Å². The first-order valence-electron chi connectivity index (χ1n) is 5.20. The summed E-state index contributed by atoms with van der Waals surface area (Å²) in [7, 11) is 4.39. The molecule has 0 bridgehead atoms. The summed E-state index contributed by atoms with van der Waals surface area (Å²) in [6.45, 7) is 5.75. The summed E-state index contributed by atoms with van der Waals surface area (Å²) in [6, 6.07) is 0. The van der Waals surface area contributed by atoms with Crippen LogP contribution in [0.3, 0.4) is 0 Å². The van der Waals surface area contributed by atoms with Crippen molar-refractivity contribution in [3.8, 4) is 0 Å². The molecule has 0 radical (unpaired) electrons. The Kier molecular flexibility index (Phi) is 3.94. The van der Waals surface area contributed by atoms with Crippen LogP contribution in [0.4, 0.5) is 0 Å². The van der Waals surface area contributed by atoms with Crippen molar-refractivity contribution >= 4 is 0 Å². The molecule has 0 heterocycles. The summed E-state index contributed by atoms with van der Waals surface area (Å²) in [4.78, 5) is 2.39. The van der Waals surface area contributed by atoms with Crippen molar-refractivity contribution in [1.29, 1.82) is 0 Å². The summed E-state index contributed by atoms with van der Waals surface area (Å²) in [6.07, 6.45) is 7.37. The van der Waals surface area contributed by atoms with E-state index < -0.39 is 0 Å². The van der Waals surface area contributed by atoms with Crippen LogP contribution in [0, 0.1) is 0 Å². The second-order valence-electron chi connectivity index (χ2n) is 4.25. The molecule has 0 atom stereocenters. The molecule has 0 aromatic rings. The highest BCUT2D eigenvalue weighted by Crippen LogP contribution is 2.32. The molecule has 13 heavy (non-hydrogen) atoms. The molecule has 2 heteroatoms. The van der Waals surface area contributed by atoms with E-state index in [1.54, 1.807) is 0 Å².